The van der Waals surface area contributed by atoms with Crippen molar-refractivity contribution < 1.29 is 14.3 Å². The van der Waals surface area contributed by atoms with Crippen LogP contribution in [0.3, 0.4) is 0 Å². The molecule has 1 aromatic rings. The molecule has 3 N–H and O–H groups in total. The highest BCUT2D eigenvalue weighted by Gasteiger charge is 2.70. The number of nitrogens with two attached hydrogens (primary N) is 1. The molecule has 2 fully saturated rings. The highest BCUT2D eigenvalue weighted by Crippen LogP contribution is 2.57. The van der Waals surface area contributed by atoms with Crippen LogP contribution in [0.2, 0.25) is 0 Å². The monoisotopic (exact) mass is 332 g/mol. The first-order chi connectivity index (χ1) is 11.4. The van der Waals surface area contributed by atoms with E-state index in [-0.39, 0.29) is 23.3 Å². The third-order valence-corrected chi connectivity index (χ3v) is 5.65. The van der Waals surface area contributed by atoms with Crippen molar-refractivity contribution in [2.24, 2.45) is 17.1 Å². The summed E-state index contributed by atoms with van der Waals surface area (Å²) in [5.74, 6) is 0.775. The lowest BCUT2D eigenvalue weighted by atomic mass is 9.46. The number of amides is 1. The zero-order chi connectivity index (χ0) is 17.4. The fourth-order valence-electron chi connectivity index (χ4n) is 4.13. The van der Waals surface area contributed by atoms with Crippen LogP contribution in [0.15, 0.2) is 24.3 Å². The van der Waals surface area contributed by atoms with Gasteiger partial charge in [0.1, 0.15) is 11.3 Å². The molecular formula is C19H28N2O3. The van der Waals surface area contributed by atoms with Gasteiger partial charge in [-0.2, -0.15) is 0 Å². The van der Waals surface area contributed by atoms with Gasteiger partial charge >= 0.3 is 0 Å². The fourth-order valence-corrected chi connectivity index (χ4v) is 4.13. The summed E-state index contributed by atoms with van der Waals surface area (Å²) in [7, 11) is 0. The molecule has 1 aromatic carbocycles. The van der Waals surface area contributed by atoms with Crippen LogP contribution in [-0.2, 0) is 9.53 Å². The number of ether oxygens (including phenoxy) is 2. The Kier molecular flexibility index (Phi) is 4.58. The molecule has 1 aliphatic heterocycles. The number of hydrogen-bond acceptors (Lipinski definition) is 4. The number of rotatable bonds is 5. The molecular weight excluding hydrogens is 304 g/mol. The predicted molar refractivity (Wildman–Crippen MR) is 94.0 cm³/mol. The quantitative estimate of drug-likeness (QED) is 0.869. The Balaban J connectivity index is 1.70. The normalized spacial score (nSPS) is 30.8. The average molecular weight is 332 g/mol. The van der Waals surface area contributed by atoms with Gasteiger partial charge in [0, 0.05) is 23.6 Å². The van der Waals surface area contributed by atoms with E-state index in [0.717, 1.165) is 37.3 Å². The molecule has 0 bridgehead atoms. The number of nitrogens with one attached hydrogen (secondary N) is 1. The lowest BCUT2D eigenvalue weighted by Crippen LogP contribution is -2.81. The van der Waals surface area contributed by atoms with Crippen molar-refractivity contribution in [3.8, 4) is 5.75 Å². The third-order valence-electron chi connectivity index (χ3n) is 5.65. The molecule has 2 aliphatic rings. The maximum absolute atomic E-state index is 12.9. The van der Waals surface area contributed by atoms with Gasteiger partial charge < -0.3 is 20.5 Å². The van der Waals surface area contributed by atoms with E-state index < -0.39 is 5.54 Å². The van der Waals surface area contributed by atoms with Crippen molar-refractivity contribution in [1.29, 1.82) is 0 Å². The van der Waals surface area contributed by atoms with Gasteiger partial charge in [-0.3, -0.25) is 4.79 Å². The van der Waals surface area contributed by atoms with Crippen LogP contribution in [0.1, 0.15) is 40.0 Å². The first kappa shape index (κ1) is 17.2. The number of carbonyl (C=O) groups excluding carboxylic acids is 1. The minimum Gasteiger partial charge on any atom is -0.494 e. The molecule has 1 saturated heterocycles. The second-order valence-electron chi connectivity index (χ2n) is 7.46. The van der Waals surface area contributed by atoms with E-state index in [2.05, 4.69) is 12.2 Å². The smallest absolute Gasteiger partial charge is 0.245 e. The van der Waals surface area contributed by atoms with Crippen LogP contribution in [0.4, 0.5) is 5.69 Å². The Hall–Kier alpha value is -1.59. The van der Waals surface area contributed by atoms with Crippen LogP contribution < -0.4 is 15.8 Å². The van der Waals surface area contributed by atoms with Gasteiger partial charge in [-0.15, -0.1) is 0 Å². The molecule has 3 rings (SSSR count). The molecule has 0 radical (unpaired) electrons. The molecule has 1 saturated carbocycles. The molecule has 3 unspecified atom stereocenters. The van der Waals surface area contributed by atoms with Crippen molar-refractivity contribution >= 4 is 11.6 Å². The van der Waals surface area contributed by atoms with E-state index in [1.54, 1.807) is 0 Å². The molecule has 1 heterocycles. The molecule has 3 atom stereocenters. The van der Waals surface area contributed by atoms with E-state index in [1.165, 1.54) is 0 Å². The molecule has 0 spiro atoms. The standard InChI is InChI=1S/C19H28N2O3/c1-4-11-23-14-9-7-13(8-10-14)21-17(22)19(20)15-6-5-12-24-16(15)18(19,2)3/h7-10,15-16H,4-6,11-12,20H2,1-3H3,(H,21,22). The molecule has 5 nitrogen and oxygen atoms in total. The lowest BCUT2D eigenvalue weighted by molar-refractivity contribution is -0.222. The van der Waals surface area contributed by atoms with Gasteiger partial charge in [0.15, 0.2) is 0 Å². The van der Waals surface area contributed by atoms with E-state index in [4.69, 9.17) is 15.2 Å². The number of anilines is 1. The van der Waals surface area contributed by atoms with Gasteiger partial charge in [-0.05, 0) is 43.5 Å². The molecule has 24 heavy (non-hydrogen) atoms. The first-order valence-corrected chi connectivity index (χ1v) is 8.86. The zero-order valence-electron chi connectivity index (χ0n) is 14.8. The van der Waals surface area contributed by atoms with Gasteiger partial charge in [0.05, 0.1) is 12.7 Å². The third kappa shape index (κ3) is 2.60. The summed E-state index contributed by atoms with van der Waals surface area (Å²) in [4.78, 5) is 12.9. The molecule has 1 aliphatic carbocycles. The summed E-state index contributed by atoms with van der Waals surface area (Å²) in [5, 5.41) is 2.98. The maximum atomic E-state index is 12.9. The fraction of sp³-hybridized carbons (Fsp3) is 0.632. The van der Waals surface area contributed by atoms with Crippen LogP contribution in [0, 0.1) is 11.3 Å². The molecule has 1 amide bonds. The minimum atomic E-state index is -0.893. The number of benzene rings is 1. The molecule has 5 heteroatoms. The second kappa shape index (κ2) is 6.37. The van der Waals surface area contributed by atoms with Gasteiger partial charge in [-0.1, -0.05) is 20.8 Å². The van der Waals surface area contributed by atoms with E-state index in [9.17, 15) is 4.79 Å². The minimum absolute atomic E-state index is 0.0758. The summed E-state index contributed by atoms with van der Waals surface area (Å²) >= 11 is 0. The van der Waals surface area contributed by atoms with Crippen molar-refractivity contribution in [2.75, 3.05) is 18.5 Å². The summed E-state index contributed by atoms with van der Waals surface area (Å²) in [6.07, 6.45) is 2.95. The highest BCUT2D eigenvalue weighted by atomic mass is 16.5. The Morgan fingerprint density at radius 3 is 2.75 bits per heavy atom. The molecule has 132 valence electrons. The van der Waals surface area contributed by atoms with Crippen molar-refractivity contribution in [2.45, 2.75) is 51.7 Å². The second-order valence-corrected chi connectivity index (χ2v) is 7.46. The van der Waals surface area contributed by atoms with Gasteiger partial charge in [0.25, 0.3) is 0 Å². The highest BCUT2D eigenvalue weighted by molar-refractivity contribution is 6.00. The predicted octanol–water partition coefficient (Wildman–Crippen LogP) is 2.95. The van der Waals surface area contributed by atoms with Gasteiger partial charge in [-0.25, -0.2) is 0 Å². The van der Waals surface area contributed by atoms with Crippen molar-refractivity contribution in [3.63, 3.8) is 0 Å². The van der Waals surface area contributed by atoms with Gasteiger partial charge in [0.2, 0.25) is 5.91 Å². The molecule has 0 aromatic heterocycles. The summed E-state index contributed by atoms with van der Waals surface area (Å²) in [6, 6.07) is 7.44. The summed E-state index contributed by atoms with van der Waals surface area (Å²) < 4.78 is 11.4. The topological polar surface area (TPSA) is 73.6 Å². The van der Waals surface area contributed by atoms with Crippen LogP contribution in [0.5, 0.6) is 5.75 Å². The summed E-state index contributed by atoms with van der Waals surface area (Å²) in [5.41, 5.74) is 6.08. The zero-order valence-corrected chi connectivity index (χ0v) is 14.8. The Labute approximate surface area is 143 Å². The summed E-state index contributed by atoms with van der Waals surface area (Å²) in [6.45, 7) is 7.58. The Morgan fingerprint density at radius 2 is 2.08 bits per heavy atom. The van der Waals surface area contributed by atoms with E-state index in [1.807, 2.05) is 38.1 Å². The van der Waals surface area contributed by atoms with Crippen LogP contribution in [0.25, 0.3) is 0 Å². The Morgan fingerprint density at radius 1 is 1.38 bits per heavy atom. The van der Waals surface area contributed by atoms with Crippen molar-refractivity contribution in [1.82, 2.24) is 0 Å². The largest absolute Gasteiger partial charge is 0.494 e. The number of carbonyl (C=O) groups is 1. The van der Waals surface area contributed by atoms with E-state index >= 15 is 0 Å². The van der Waals surface area contributed by atoms with Crippen LogP contribution in [-0.4, -0.2) is 30.8 Å². The number of fused-ring (bicyclic) bond motifs is 1. The average Bonchev–Trinajstić information content (AvgIpc) is 2.60. The van der Waals surface area contributed by atoms with Crippen molar-refractivity contribution in [3.05, 3.63) is 24.3 Å². The van der Waals surface area contributed by atoms with Crippen LogP contribution >= 0.6 is 0 Å². The van der Waals surface area contributed by atoms with E-state index in [0.29, 0.717) is 6.61 Å². The first-order valence-electron chi connectivity index (χ1n) is 8.86. The Bertz CT molecular complexity index is 599. The number of hydrogen-bond donors (Lipinski definition) is 2. The SMILES string of the molecule is CCCOc1ccc(NC(=O)C2(N)C3CCCOC3C2(C)C)cc1. The maximum Gasteiger partial charge on any atom is 0.245 e. The lowest BCUT2D eigenvalue weighted by Gasteiger charge is -2.65.